The predicted molar refractivity (Wildman–Crippen MR) is 107 cm³/mol. The minimum atomic E-state index is -0.389. The first-order valence-corrected chi connectivity index (χ1v) is 9.18. The molecule has 26 heavy (non-hydrogen) atoms. The number of hydrogen-bond donors (Lipinski definition) is 2. The highest BCUT2D eigenvalue weighted by Gasteiger charge is 2.17. The van der Waals surface area contributed by atoms with E-state index in [4.69, 9.17) is 44.3 Å². The van der Waals surface area contributed by atoms with Crippen molar-refractivity contribution in [2.75, 3.05) is 13.7 Å². The van der Waals surface area contributed by atoms with Crippen LogP contribution in [0.5, 0.6) is 11.5 Å². The number of halogens is 3. The minimum Gasteiger partial charge on any atom is -0.493 e. The van der Waals surface area contributed by atoms with Crippen LogP contribution in [0.1, 0.15) is 25.0 Å². The predicted octanol–water partition coefficient (Wildman–Crippen LogP) is 5.09. The largest absolute Gasteiger partial charge is 0.493 e. The van der Waals surface area contributed by atoms with Crippen LogP contribution in [-0.2, 0) is 13.2 Å². The van der Waals surface area contributed by atoms with Crippen LogP contribution >= 0.6 is 34.8 Å². The van der Waals surface area contributed by atoms with Crippen molar-refractivity contribution in [2.45, 2.75) is 32.5 Å². The molecule has 2 aromatic rings. The van der Waals surface area contributed by atoms with Crippen LogP contribution in [0, 0.1) is 0 Å². The molecule has 0 amide bonds. The Balaban J connectivity index is 2.15. The van der Waals surface area contributed by atoms with Gasteiger partial charge in [0, 0.05) is 27.7 Å². The van der Waals surface area contributed by atoms with Crippen LogP contribution < -0.4 is 14.8 Å². The van der Waals surface area contributed by atoms with E-state index in [1.54, 1.807) is 25.3 Å². The van der Waals surface area contributed by atoms with Gasteiger partial charge in [0.15, 0.2) is 11.5 Å². The fourth-order valence-corrected chi connectivity index (χ4v) is 2.95. The number of aliphatic hydroxyl groups excluding tert-OH is 1. The van der Waals surface area contributed by atoms with E-state index in [0.717, 1.165) is 11.1 Å². The quantitative estimate of drug-likeness (QED) is 0.626. The van der Waals surface area contributed by atoms with Crippen LogP contribution in [0.2, 0.25) is 15.1 Å². The van der Waals surface area contributed by atoms with Crippen molar-refractivity contribution in [1.29, 1.82) is 0 Å². The molecular formula is C19H22Cl3NO3. The number of aliphatic hydroxyl groups is 1. The SMILES string of the molecule is COc1cc(CNC(C)(C)CO)cc(Cl)c1OCc1ccc(Cl)cc1Cl. The highest BCUT2D eigenvalue weighted by atomic mass is 35.5. The molecule has 0 aliphatic rings. The van der Waals surface area contributed by atoms with Crippen LogP contribution in [-0.4, -0.2) is 24.4 Å². The summed E-state index contributed by atoms with van der Waals surface area (Å²) in [6, 6.07) is 8.88. The van der Waals surface area contributed by atoms with Gasteiger partial charge in [0.25, 0.3) is 0 Å². The molecule has 2 aromatic carbocycles. The molecule has 2 rings (SSSR count). The molecule has 0 saturated heterocycles. The number of methoxy groups -OCH3 is 1. The molecular weight excluding hydrogens is 397 g/mol. The Labute approximate surface area is 169 Å². The first-order chi connectivity index (χ1) is 12.3. The summed E-state index contributed by atoms with van der Waals surface area (Å²) in [6.45, 7) is 4.63. The van der Waals surface area contributed by atoms with E-state index in [1.807, 2.05) is 26.0 Å². The molecule has 0 aliphatic heterocycles. The van der Waals surface area contributed by atoms with Gasteiger partial charge in [-0.25, -0.2) is 0 Å². The summed E-state index contributed by atoms with van der Waals surface area (Å²) in [6.07, 6.45) is 0. The van der Waals surface area contributed by atoms with Crippen molar-refractivity contribution in [3.63, 3.8) is 0 Å². The van der Waals surface area contributed by atoms with Gasteiger partial charge < -0.3 is 19.9 Å². The number of ether oxygens (including phenoxy) is 2. The monoisotopic (exact) mass is 417 g/mol. The maximum Gasteiger partial charge on any atom is 0.180 e. The zero-order valence-electron chi connectivity index (χ0n) is 14.9. The lowest BCUT2D eigenvalue weighted by Gasteiger charge is -2.24. The first kappa shape index (κ1) is 21.1. The van der Waals surface area contributed by atoms with Gasteiger partial charge >= 0.3 is 0 Å². The highest BCUT2D eigenvalue weighted by molar-refractivity contribution is 6.35. The van der Waals surface area contributed by atoms with Gasteiger partial charge in [-0.1, -0.05) is 40.9 Å². The lowest BCUT2D eigenvalue weighted by atomic mass is 10.1. The van der Waals surface area contributed by atoms with E-state index in [9.17, 15) is 5.11 Å². The topological polar surface area (TPSA) is 50.7 Å². The molecule has 0 spiro atoms. The van der Waals surface area contributed by atoms with Crippen molar-refractivity contribution in [2.24, 2.45) is 0 Å². The average molecular weight is 419 g/mol. The Morgan fingerprint density at radius 2 is 1.81 bits per heavy atom. The third-order valence-corrected chi connectivity index (χ3v) is 4.71. The Hall–Kier alpha value is -1.17. The Morgan fingerprint density at radius 3 is 2.42 bits per heavy atom. The fourth-order valence-electron chi connectivity index (χ4n) is 2.20. The van der Waals surface area contributed by atoms with Crippen molar-refractivity contribution in [3.8, 4) is 11.5 Å². The van der Waals surface area contributed by atoms with Gasteiger partial charge in [-0.2, -0.15) is 0 Å². The number of rotatable bonds is 8. The summed E-state index contributed by atoms with van der Waals surface area (Å²) in [5.41, 5.74) is 1.33. The van der Waals surface area contributed by atoms with Gasteiger partial charge in [0.2, 0.25) is 0 Å². The molecule has 2 N–H and O–H groups in total. The Bertz CT molecular complexity index is 766. The lowest BCUT2D eigenvalue weighted by molar-refractivity contribution is 0.187. The minimum absolute atomic E-state index is 0.0287. The summed E-state index contributed by atoms with van der Waals surface area (Å²) in [5.74, 6) is 0.978. The molecule has 0 unspecified atom stereocenters. The van der Waals surface area contributed by atoms with Crippen molar-refractivity contribution in [3.05, 3.63) is 56.5 Å². The number of nitrogens with one attached hydrogen (secondary N) is 1. The highest BCUT2D eigenvalue weighted by Crippen LogP contribution is 2.37. The van der Waals surface area contributed by atoms with Gasteiger partial charge in [-0.05, 0) is 43.7 Å². The smallest absolute Gasteiger partial charge is 0.180 e. The molecule has 0 atom stereocenters. The molecule has 0 bridgehead atoms. The molecule has 0 aromatic heterocycles. The second-order valence-electron chi connectivity index (χ2n) is 6.53. The molecule has 0 fully saturated rings. The van der Waals surface area contributed by atoms with Crippen molar-refractivity contribution < 1.29 is 14.6 Å². The van der Waals surface area contributed by atoms with Gasteiger partial charge in [-0.15, -0.1) is 0 Å². The number of hydrogen-bond acceptors (Lipinski definition) is 4. The van der Waals surface area contributed by atoms with E-state index >= 15 is 0 Å². The third-order valence-electron chi connectivity index (χ3n) is 3.84. The first-order valence-electron chi connectivity index (χ1n) is 8.05. The Morgan fingerprint density at radius 1 is 1.08 bits per heavy atom. The second-order valence-corrected chi connectivity index (χ2v) is 7.78. The summed E-state index contributed by atoms with van der Waals surface area (Å²) in [7, 11) is 1.56. The summed E-state index contributed by atoms with van der Waals surface area (Å²) in [4.78, 5) is 0. The zero-order valence-corrected chi connectivity index (χ0v) is 17.2. The molecule has 142 valence electrons. The van der Waals surface area contributed by atoms with E-state index in [1.165, 1.54) is 0 Å². The van der Waals surface area contributed by atoms with Gasteiger partial charge in [0.05, 0.1) is 18.7 Å². The normalized spacial score (nSPS) is 11.5. The standard InChI is InChI=1S/C19H22Cl3NO3/c1-19(2,11-24)23-9-12-6-16(22)18(17(7-12)25-3)26-10-13-4-5-14(20)8-15(13)21/h4-8,23-24H,9-11H2,1-3H3. The molecule has 4 nitrogen and oxygen atoms in total. The molecule has 0 radical (unpaired) electrons. The molecule has 0 saturated carbocycles. The summed E-state index contributed by atoms with van der Waals surface area (Å²) < 4.78 is 11.3. The summed E-state index contributed by atoms with van der Waals surface area (Å²) in [5, 5.41) is 14.1. The van der Waals surface area contributed by atoms with Crippen LogP contribution in [0.4, 0.5) is 0 Å². The van der Waals surface area contributed by atoms with Gasteiger partial charge in [-0.3, -0.25) is 0 Å². The molecule has 0 aliphatic carbocycles. The Kier molecular flexibility index (Phi) is 7.44. The maximum absolute atomic E-state index is 9.34. The van der Waals surface area contributed by atoms with E-state index in [-0.39, 0.29) is 18.8 Å². The number of benzene rings is 2. The van der Waals surface area contributed by atoms with E-state index < -0.39 is 0 Å². The van der Waals surface area contributed by atoms with Crippen molar-refractivity contribution >= 4 is 34.8 Å². The summed E-state index contributed by atoms with van der Waals surface area (Å²) >= 11 is 18.5. The third kappa shape index (κ3) is 5.66. The van der Waals surface area contributed by atoms with Crippen LogP contribution in [0.3, 0.4) is 0 Å². The second kappa shape index (κ2) is 9.16. The molecule has 7 heteroatoms. The fraction of sp³-hybridized carbons (Fsp3) is 0.368. The maximum atomic E-state index is 9.34. The zero-order chi connectivity index (χ0) is 19.3. The van der Waals surface area contributed by atoms with Crippen LogP contribution in [0.15, 0.2) is 30.3 Å². The van der Waals surface area contributed by atoms with Crippen LogP contribution in [0.25, 0.3) is 0 Å². The lowest BCUT2D eigenvalue weighted by Crippen LogP contribution is -2.42. The van der Waals surface area contributed by atoms with Crippen molar-refractivity contribution in [1.82, 2.24) is 5.32 Å². The van der Waals surface area contributed by atoms with E-state index in [0.29, 0.717) is 33.1 Å². The van der Waals surface area contributed by atoms with Gasteiger partial charge in [0.1, 0.15) is 6.61 Å². The average Bonchev–Trinajstić information content (AvgIpc) is 2.60. The molecule has 0 heterocycles. The van der Waals surface area contributed by atoms with E-state index in [2.05, 4.69) is 5.32 Å².